The molecule has 0 bridgehead atoms. The van der Waals surface area contributed by atoms with Crippen LogP contribution in [0.3, 0.4) is 0 Å². The van der Waals surface area contributed by atoms with Crippen LogP contribution in [0, 0.1) is 50.7 Å². The van der Waals surface area contributed by atoms with E-state index in [1.54, 1.807) is 13.8 Å². The molecular formula is C30H52O5. The standard InChI is InChI=1S/C30H52O5/c1-24(2)19-9-12-29(8)23(26(19,5)11-10-20(24)32)18(31)15-17-22-27(6,13-14-28(17,29)7)21(33)16-30(22,35)25(3,4)34/h17-23,31-35H,9-16H2,1-8H3. The lowest BCUT2D eigenvalue weighted by Gasteiger charge is -2.74. The van der Waals surface area contributed by atoms with Gasteiger partial charge in [0, 0.05) is 12.3 Å². The summed E-state index contributed by atoms with van der Waals surface area (Å²) < 4.78 is 0. The Kier molecular flexibility index (Phi) is 5.47. The van der Waals surface area contributed by atoms with Gasteiger partial charge in [-0.2, -0.15) is 0 Å². The lowest BCUT2D eigenvalue weighted by molar-refractivity contribution is -0.293. The molecule has 5 nitrogen and oxygen atoms in total. The summed E-state index contributed by atoms with van der Waals surface area (Å²) in [5.41, 5.74) is -3.66. The fourth-order valence-corrected chi connectivity index (χ4v) is 11.7. The molecule has 5 heteroatoms. The van der Waals surface area contributed by atoms with Gasteiger partial charge in [0.05, 0.1) is 29.5 Å². The Morgan fingerprint density at radius 1 is 0.714 bits per heavy atom. The van der Waals surface area contributed by atoms with E-state index in [4.69, 9.17) is 0 Å². The minimum atomic E-state index is -1.39. The molecule has 35 heavy (non-hydrogen) atoms. The Labute approximate surface area is 212 Å². The first-order valence-corrected chi connectivity index (χ1v) is 14.3. The van der Waals surface area contributed by atoms with Gasteiger partial charge in [0.1, 0.15) is 0 Å². The summed E-state index contributed by atoms with van der Waals surface area (Å²) in [6.07, 6.45) is 4.90. The molecule has 0 radical (unpaired) electrons. The maximum Gasteiger partial charge on any atom is 0.0989 e. The van der Waals surface area contributed by atoms with E-state index < -0.39 is 28.8 Å². The smallest absolute Gasteiger partial charge is 0.0989 e. The Hall–Kier alpha value is -0.200. The highest BCUT2D eigenvalue weighted by atomic mass is 16.4. The van der Waals surface area contributed by atoms with E-state index >= 15 is 0 Å². The summed E-state index contributed by atoms with van der Waals surface area (Å²) in [5.74, 6) is 0.245. The van der Waals surface area contributed by atoms with Gasteiger partial charge in [0.2, 0.25) is 0 Å². The lowest BCUT2D eigenvalue weighted by Crippen LogP contribution is -2.71. The second-order valence-electron chi connectivity index (χ2n) is 15.9. The van der Waals surface area contributed by atoms with Crippen molar-refractivity contribution in [3.05, 3.63) is 0 Å². The molecule has 5 aliphatic rings. The summed E-state index contributed by atoms with van der Waals surface area (Å²) in [6, 6.07) is 0. The minimum absolute atomic E-state index is 0.0217. The average Bonchev–Trinajstić information content (AvgIpc) is 2.93. The largest absolute Gasteiger partial charge is 0.393 e. The van der Waals surface area contributed by atoms with Gasteiger partial charge in [-0.05, 0) is 104 Å². The molecular weight excluding hydrogens is 440 g/mol. The van der Waals surface area contributed by atoms with Crippen molar-refractivity contribution in [1.82, 2.24) is 0 Å². The van der Waals surface area contributed by atoms with Gasteiger partial charge in [-0.1, -0.05) is 41.5 Å². The van der Waals surface area contributed by atoms with Gasteiger partial charge < -0.3 is 25.5 Å². The van der Waals surface area contributed by atoms with Crippen LogP contribution in [0.1, 0.15) is 107 Å². The normalized spacial score (nSPS) is 59.7. The number of aliphatic hydroxyl groups excluding tert-OH is 3. The molecule has 0 aromatic rings. The summed E-state index contributed by atoms with van der Waals surface area (Å²) in [6.45, 7) is 17.1. The van der Waals surface area contributed by atoms with E-state index in [2.05, 4.69) is 41.5 Å². The fourth-order valence-electron chi connectivity index (χ4n) is 11.7. The van der Waals surface area contributed by atoms with E-state index in [1.165, 1.54) is 0 Å². The first-order valence-electron chi connectivity index (χ1n) is 14.3. The molecule has 12 atom stereocenters. The lowest BCUT2D eigenvalue weighted by atomic mass is 9.31. The van der Waals surface area contributed by atoms with E-state index in [-0.39, 0.29) is 51.9 Å². The molecule has 5 saturated carbocycles. The second-order valence-corrected chi connectivity index (χ2v) is 15.9. The second kappa shape index (κ2) is 7.25. The van der Waals surface area contributed by atoms with Crippen molar-refractivity contribution in [2.45, 2.75) is 136 Å². The van der Waals surface area contributed by atoms with E-state index in [9.17, 15) is 25.5 Å². The van der Waals surface area contributed by atoms with Crippen molar-refractivity contribution < 1.29 is 25.5 Å². The van der Waals surface area contributed by atoms with Gasteiger partial charge in [-0.3, -0.25) is 0 Å². The van der Waals surface area contributed by atoms with Gasteiger partial charge in [0.25, 0.3) is 0 Å². The highest BCUT2D eigenvalue weighted by Gasteiger charge is 2.76. The zero-order valence-electron chi connectivity index (χ0n) is 23.4. The number of hydrogen-bond donors (Lipinski definition) is 5. The zero-order chi connectivity index (χ0) is 26.2. The first-order chi connectivity index (χ1) is 15.8. The van der Waals surface area contributed by atoms with Gasteiger partial charge in [-0.25, -0.2) is 0 Å². The Morgan fingerprint density at radius 2 is 1.34 bits per heavy atom. The van der Waals surface area contributed by atoms with Crippen molar-refractivity contribution in [3.63, 3.8) is 0 Å². The van der Waals surface area contributed by atoms with Gasteiger partial charge in [0.15, 0.2) is 0 Å². The van der Waals surface area contributed by atoms with Crippen molar-refractivity contribution in [2.75, 3.05) is 0 Å². The van der Waals surface area contributed by atoms with E-state index in [0.717, 1.165) is 38.5 Å². The maximum absolute atomic E-state index is 12.1. The minimum Gasteiger partial charge on any atom is -0.393 e. The fraction of sp³-hybridized carbons (Fsp3) is 1.00. The summed E-state index contributed by atoms with van der Waals surface area (Å²) in [5, 5.41) is 57.5. The third kappa shape index (κ3) is 2.94. The molecule has 0 amide bonds. The number of fused-ring (bicyclic) bond motifs is 7. The predicted octanol–water partition coefficient (Wildman–Crippen LogP) is 4.28. The molecule has 0 aromatic carbocycles. The van der Waals surface area contributed by atoms with Crippen LogP contribution in [-0.2, 0) is 0 Å². The highest BCUT2D eigenvalue weighted by Crippen LogP contribution is 2.77. The summed E-state index contributed by atoms with van der Waals surface area (Å²) in [4.78, 5) is 0. The SMILES string of the molecule is CC1(C)C(O)CCC2(C)C1CCC1(C)C2C(O)CC2C3C(C)(CCC21C)C(O)CC3(O)C(C)(C)O. The summed E-state index contributed by atoms with van der Waals surface area (Å²) >= 11 is 0. The molecule has 5 rings (SSSR count). The maximum atomic E-state index is 12.1. The predicted molar refractivity (Wildman–Crippen MR) is 136 cm³/mol. The molecule has 0 saturated heterocycles. The average molecular weight is 493 g/mol. The third-order valence-electron chi connectivity index (χ3n) is 14.0. The van der Waals surface area contributed by atoms with E-state index in [0.29, 0.717) is 12.3 Å². The van der Waals surface area contributed by atoms with Crippen LogP contribution >= 0.6 is 0 Å². The number of hydrogen-bond acceptors (Lipinski definition) is 5. The van der Waals surface area contributed by atoms with Crippen LogP contribution in [0.2, 0.25) is 0 Å². The highest BCUT2D eigenvalue weighted by molar-refractivity contribution is 5.25. The number of aliphatic hydroxyl groups is 5. The van der Waals surface area contributed by atoms with Crippen molar-refractivity contribution >= 4 is 0 Å². The van der Waals surface area contributed by atoms with Crippen molar-refractivity contribution in [1.29, 1.82) is 0 Å². The Morgan fingerprint density at radius 3 is 1.94 bits per heavy atom. The molecule has 5 N–H and O–H groups in total. The third-order valence-corrected chi connectivity index (χ3v) is 14.0. The quantitative estimate of drug-likeness (QED) is 0.376. The molecule has 5 aliphatic carbocycles. The van der Waals surface area contributed by atoms with E-state index in [1.807, 2.05) is 0 Å². The van der Waals surface area contributed by atoms with Crippen molar-refractivity contribution in [3.8, 4) is 0 Å². The molecule has 0 aromatic heterocycles. The van der Waals surface area contributed by atoms with Gasteiger partial charge in [-0.15, -0.1) is 0 Å². The zero-order valence-corrected chi connectivity index (χ0v) is 23.4. The number of rotatable bonds is 1. The Balaban J connectivity index is 1.62. The van der Waals surface area contributed by atoms with Crippen LogP contribution in [0.5, 0.6) is 0 Å². The Bertz CT molecular complexity index is 880. The monoisotopic (exact) mass is 492 g/mol. The summed E-state index contributed by atoms with van der Waals surface area (Å²) in [7, 11) is 0. The molecule has 0 aliphatic heterocycles. The van der Waals surface area contributed by atoms with Crippen LogP contribution in [0.15, 0.2) is 0 Å². The van der Waals surface area contributed by atoms with Crippen LogP contribution < -0.4 is 0 Å². The van der Waals surface area contributed by atoms with Crippen LogP contribution in [-0.4, -0.2) is 55.0 Å². The van der Waals surface area contributed by atoms with Crippen LogP contribution in [0.25, 0.3) is 0 Å². The molecule has 0 heterocycles. The first kappa shape index (κ1) is 26.4. The van der Waals surface area contributed by atoms with Crippen molar-refractivity contribution in [2.24, 2.45) is 50.7 Å². The molecule has 12 unspecified atom stereocenters. The van der Waals surface area contributed by atoms with Gasteiger partial charge >= 0.3 is 0 Å². The molecule has 5 fully saturated rings. The molecule has 202 valence electrons. The molecule has 0 spiro atoms. The topological polar surface area (TPSA) is 101 Å². The van der Waals surface area contributed by atoms with Crippen LogP contribution in [0.4, 0.5) is 0 Å².